The van der Waals surface area contributed by atoms with Gasteiger partial charge in [-0.25, -0.2) is 0 Å². The standard InChI is InChI=1S/C21H29N3O3/c1-4-10-27-19-7-5-6-17(11-19)21(26)24-13-16-8-9-18(24)14-23(12-16)15-20(25)22(2)3/h4-7,11,16,18H,1,8-10,12-15H2,2-3H3/t16-,18+/m0/s1. The van der Waals surface area contributed by atoms with E-state index in [1.807, 2.05) is 23.1 Å². The highest BCUT2D eigenvalue weighted by Crippen LogP contribution is 2.29. The molecule has 2 amide bonds. The SMILES string of the molecule is C=CCOc1cccc(C(=O)N2C[C@H]3CC[C@@H]2CN(CC(=O)N(C)C)C3)c1. The van der Waals surface area contributed by atoms with E-state index in [1.54, 1.807) is 31.1 Å². The zero-order valence-electron chi connectivity index (χ0n) is 16.3. The summed E-state index contributed by atoms with van der Waals surface area (Å²) in [5.74, 6) is 1.26. The average Bonchev–Trinajstić information content (AvgIpc) is 2.96. The molecular formula is C21H29N3O3. The second kappa shape index (κ2) is 8.57. The predicted molar refractivity (Wildman–Crippen MR) is 105 cm³/mol. The van der Waals surface area contributed by atoms with Crippen LogP contribution in [0.25, 0.3) is 0 Å². The minimum atomic E-state index is 0.0505. The molecule has 27 heavy (non-hydrogen) atoms. The first-order valence-corrected chi connectivity index (χ1v) is 9.55. The molecule has 0 aromatic heterocycles. The van der Waals surface area contributed by atoms with E-state index in [0.29, 0.717) is 30.4 Å². The Morgan fingerprint density at radius 2 is 2.07 bits per heavy atom. The number of likely N-dealkylation sites (N-methyl/N-ethyl adjacent to an activating group) is 1. The first-order chi connectivity index (χ1) is 13.0. The Morgan fingerprint density at radius 3 is 2.81 bits per heavy atom. The van der Waals surface area contributed by atoms with Crippen LogP contribution < -0.4 is 4.74 Å². The fourth-order valence-electron chi connectivity index (χ4n) is 3.93. The third-order valence-electron chi connectivity index (χ3n) is 5.36. The normalized spacial score (nSPS) is 22.2. The van der Waals surface area contributed by atoms with Crippen molar-refractivity contribution in [1.82, 2.24) is 14.7 Å². The Morgan fingerprint density at radius 1 is 1.26 bits per heavy atom. The molecule has 0 unspecified atom stereocenters. The Labute approximate surface area is 161 Å². The van der Waals surface area contributed by atoms with Crippen molar-refractivity contribution in [2.75, 3.05) is 46.9 Å². The van der Waals surface area contributed by atoms with E-state index in [2.05, 4.69) is 11.5 Å². The highest BCUT2D eigenvalue weighted by molar-refractivity contribution is 5.95. The van der Waals surface area contributed by atoms with Gasteiger partial charge in [0.05, 0.1) is 6.54 Å². The maximum Gasteiger partial charge on any atom is 0.254 e. The summed E-state index contributed by atoms with van der Waals surface area (Å²) in [6.07, 6.45) is 3.80. The predicted octanol–water partition coefficient (Wildman–Crippen LogP) is 1.88. The summed E-state index contributed by atoms with van der Waals surface area (Å²) >= 11 is 0. The Bertz CT molecular complexity index is 704. The topological polar surface area (TPSA) is 53.1 Å². The molecule has 3 aliphatic rings. The van der Waals surface area contributed by atoms with E-state index < -0.39 is 0 Å². The summed E-state index contributed by atoms with van der Waals surface area (Å²) < 4.78 is 5.56. The number of hydrogen-bond donors (Lipinski definition) is 0. The molecule has 0 saturated carbocycles. The summed E-state index contributed by atoms with van der Waals surface area (Å²) in [7, 11) is 3.57. The quantitative estimate of drug-likeness (QED) is 0.717. The molecule has 3 saturated heterocycles. The summed E-state index contributed by atoms with van der Waals surface area (Å²) in [6, 6.07) is 7.50. The van der Waals surface area contributed by atoms with Crippen molar-refractivity contribution in [3.05, 3.63) is 42.5 Å². The van der Waals surface area contributed by atoms with Crippen LogP contribution in [0.4, 0.5) is 0 Å². The van der Waals surface area contributed by atoms with E-state index >= 15 is 0 Å². The summed E-state index contributed by atoms with van der Waals surface area (Å²) in [5, 5.41) is 0. The largest absolute Gasteiger partial charge is 0.490 e. The molecule has 6 nitrogen and oxygen atoms in total. The molecule has 2 bridgehead atoms. The lowest BCUT2D eigenvalue weighted by Crippen LogP contribution is -2.47. The molecule has 0 N–H and O–H groups in total. The molecule has 2 atom stereocenters. The van der Waals surface area contributed by atoms with E-state index in [9.17, 15) is 9.59 Å². The van der Waals surface area contributed by atoms with E-state index in [-0.39, 0.29) is 17.9 Å². The fourth-order valence-corrected chi connectivity index (χ4v) is 3.93. The number of rotatable bonds is 6. The molecule has 0 radical (unpaired) electrons. The lowest BCUT2D eigenvalue weighted by atomic mass is 9.94. The monoisotopic (exact) mass is 371 g/mol. The maximum atomic E-state index is 13.2. The highest BCUT2D eigenvalue weighted by Gasteiger charge is 2.38. The number of ether oxygens (including phenoxy) is 1. The van der Waals surface area contributed by atoms with Crippen molar-refractivity contribution in [2.24, 2.45) is 5.92 Å². The minimum absolute atomic E-state index is 0.0505. The van der Waals surface area contributed by atoms with Crippen LogP contribution in [0.15, 0.2) is 36.9 Å². The molecule has 3 fully saturated rings. The fraction of sp³-hybridized carbons (Fsp3) is 0.524. The summed E-state index contributed by atoms with van der Waals surface area (Å²) in [4.78, 5) is 31.1. The maximum absolute atomic E-state index is 13.2. The van der Waals surface area contributed by atoms with Crippen LogP contribution in [0, 0.1) is 5.92 Å². The number of carbonyl (C=O) groups excluding carboxylic acids is 2. The number of fused-ring (bicyclic) bond motifs is 4. The van der Waals surface area contributed by atoms with Gasteiger partial charge < -0.3 is 14.5 Å². The minimum Gasteiger partial charge on any atom is -0.490 e. The van der Waals surface area contributed by atoms with Crippen LogP contribution >= 0.6 is 0 Å². The zero-order chi connectivity index (χ0) is 19.4. The number of piperidine rings is 1. The molecule has 6 heteroatoms. The first-order valence-electron chi connectivity index (χ1n) is 9.55. The molecule has 1 aromatic carbocycles. The second-order valence-electron chi connectivity index (χ2n) is 7.66. The molecule has 146 valence electrons. The molecule has 3 heterocycles. The molecular weight excluding hydrogens is 342 g/mol. The lowest BCUT2D eigenvalue weighted by Gasteiger charge is -2.36. The van der Waals surface area contributed by atoms with E-state index in [0.717, 1.165) is 32.5 Å². The van der Waals surface area contributed by atoms with E-state index in [1.165, 1.54) is 0 Å². The summed E-state index contributed by atoms with van der Waals surface area (Å²) in [5.41, 5.74) is 0.653. The van der Waals surface area contributed by atoms with Gasteiger partial charge in [-0.05, 0) is 37.0 Å². The van der Waals surface area contributed by atoms with Crippen molar-refractivity contribution in [1.29, 1.82) is 0 Å². The summed E-state index contributed by atoms with van der Waals surface area (Å²) in [6.45, 7) is 6.88. The van der Waals surface area contributed by atoms with Gasteiger partial charge in [-0.2, -0.15) is 0 Å². The van der Waals surface area contributed by atoms with Gasteiger partial charge >= 0.3 is 0 Å². The van der Waals surface area contributed by atoms with Crippen molar-refractivity contribution >= 4 is 11.8 Å². The van der Waals surface area contributed by atoms with Crippen molar-refractivity contribution < 1.29 is 14.3 Å². The van der Waals surface area contributed by atoms with Gasteiger partial charge in [0.15, 0.2) is 0 Å². The number of carbonyl (C=O) groups is 2. The van der Waals surface area contributed by atoms with Crippen molar-refractivity contribution in [3.63, 3.8) is 0 Å². The number of amides is 2. The molecule has 4 rings (SSSR count). The Hall–Kier alpha value is -2.34. The van der Waals surface area contributed by atoms with Crippen LogP contribution in [0.1, 0.15) is 23.2 Å². The number of nitrogens with zero attached hydrogens (tertiary/aromatic N) is 3. The van der Waals surface area contributed by atoms with Crippen LogP contribution in [0.5, 0.6) is 5.75 Å². The Balaban J connectivity index is 1.71. The number of benzene rings is 1. The van der Waals surface area contributed by atoms with Gasteiger partial charge in [-0.15, -0.1) is 0 Å². The molecule has 1 aromatic rings. The van der Waals surface area contributed by atoms with Crippen molar-refractivity contribution in [2.45, 2.75) is 18.9 Å². The van der Waals surface area contributed by atoms with Gasteiger partial charge in [-0.1, -0.05) is 18.7 Å². The van der Waals surface area contributed by atoms with Gasteiger partial charge in [-0.3, -0.25) is 14.5 Å². The molecule has 0 spiro atoms. The molecule has 0 aliphatic carbocycles. The lowest BCUT2D eigenvalue weighted by molar-refractivity contribution is -0.129. The second-order valence-corrected chi connectivity index (χ2v) is 7.66. The van der Waals surface area contributed by atoms with Gasteiger partial charge in [0.1, 0.15) is 12.4 Å². The Kier molecular flexibility index (Phi) is 6.16. The average molecular weight is 371 g/mol. The smallest absolute Gasteiger partial charge is 0.254 e. The van der Waals surface area contributed by atoms with Crippen LogP contribution in [-0.2, 0) is 4.79 Å². The van der Waals surface area contributed by atoms with Gasteiger partial charge in [0.25, 0.3) is 5.91 Å². The zero-order valence-corrected chi connectivity index (χ0v) is 16.3. The first kappa shape index (κ1) is 19.4. The van der Waals surface area contributed by atoms with E-state index in [4.69, 9.17) is 4.74 Å². The number of hydrogen-bond acceptors (Lipinski definition) is 4. The van der Waals surface area contributed by atoms with Crippen LogP contribution in [0.3, 0.4) is 0 Å². The van der Waals surface area contributed by atoms with Crippen LogP contribution in [0.2, 0.25) is 0 Å². The third-order valence-corrected chi connectivity index (χ3v) is 5.36. The highest BCUT2D eigenvalue weighted by atomic mass is 16.5. The van der Waals surface area contributed by atoms with Crippen molar-refractivity contribution in [3.8, 4) is 5.75 Å². The van der Waals surface area contributed by atoms with Crippen LogP contribution in [-0.4, -0.2) is 79.4 Å². The van der Waals surface area contributed by atoms with Gasteiger partial charge in [0, 0.05) is 45.3 Å². The third kappa shape index (κ3) is 4.69. The van der Waals surface area contributed by atoms with Gasteiger partial charge in [0.2, 0.25) is 5.91 Å². The molecule has 3 aliphatic heterocycles.